The molecule has 12 heteroatoms. The molecule has 1 aromatic carbocycles. The second-order valence-electron chi connectivity index (χ2n) is 8.04. The van der Waals surface area contributed by atoms with Gasteiger partial charge in [0.2, 0.25) is 5.88 Å². The summed E-state index contributed by atoms with van der Waals surface area (Å²) in [4.78, 5) is 39.8. The van der Waals surface area contributed by atoms with Gasteiger partial charge in [-0.15, -0.1) is 0 Å². The number of benzene rings is 1. The molecule has 2 heterocycles. The quantitative estimate of drug-likeness (QED) is 0.410. The molecule has 3 rings (SSSR count). The number of ether oxygens (including phenoxy) is 1. The van der Waals surface area contributed by atoms with Gasteiger partial charge in [-0.3, -0.25) is 9.59 Å². The molecule has 0 spiro atoms. The minimum absolute atomic E-state index is 0.0322. The molecular weight excluding hydrogens is 486 g/mol. The topological polar surface area (TPSA) is 109 Å². The number of carbonyl (C=O) groups excluding carboxylic acids is 2. The summed E-state index contributed by atoms with van der Waals surface area (Å²) in [5.74, 6) is -2.51. The van der Waals surface area contributed by atoms with Crippen molar-refractivity contribution in [3.05, 3.63) is 59.5 Å². The van der Waals surface area contributed by atoms with E-state index in [1.807, 2.05) is 0 Å². The zero-order valence-electron chi connectivity index (χ0n) is 19.6. The first-order chi connectivity index (χ1) is 17.0. The van der Waals surface area contributed by atoms with Gasteiger partial charge in [0.15, 0.2) is 5.78 Å². The van der Waals surface area contributed by atoms with Crippen molar-refractivity contribution in [3.8, 4) is 5.88 Å². The van der Waals surface area contributed by atoms with Crippen molar-refractivity contribution in [3.63, 3.8) is 0 Å². The largest absolute Gasteiger partial charge is 0.490 e. The van der Waals surface area contributed by atoms with Crippen molar-refractivity contribution < 1.29 is 41.8 Å². The van der Waals surface area contributed by atoms with Crippen molar-refractivity contribution in [1.29, 1.82) is 0 Å². The van der Waals surface area contributed by atoms with Crippen LogP contribution in [0.3, 0.4) is 0 Å². The first-order valence-electron chi connectivity index (χ1n) is 11.1. The number of aliphatic carboxylic acids is 1. The van der Waals surface area contributed by atoms with Crippen LogP contribution >= 0.6 is 0 Å². The third-order valence-electron chi connectivity index (χ3n) is 5.53. The molecule has 1 saturated heterocycles. The predicted octanol–water partition coefficient (Wildman–Crippen LogP) is 3.58. The number of hydrogen-bond donors (Lipinski definition) is 2. The lowest BCUT2D eigenvalue weighted by molar-refractivity contribution is -0.192. The van der Waals surface area contributed by atoms with E-state index < -0.39 is 12.1 Å². The average Bonchev–Trinajstić information content (AvgIpc) is 2.86. The summed E-state index contributed by atoms with van der Waals surface area (Å²) in [5, 5.41) is 10.1. The van der Waals surface area contributed by atoms with Gasteiger partial charge in [0, 0.05) is 31.3 Å². The van der Waals surface area contributed by atoms with Crippen molar-refractivity contribution in [2.45, 2.75) is 25.4 Å². The molecule has 1 aliphatic rings. The van der Waals surface area contributed by atoms with Crippen LogP contribution in [0, 0.1) is 11.7 Å². The molecule has 36 heavy (non-hydrogen) atoms. The van der Waals surface area contributed by atoms with E-state index in [4.69, 9.17) is 14.6 Å². The minimum atomic E-state index is -5.08. The average molecular weight is 513 g/mol. The molecule has 1 aromatic heterocycles. The number of Topliss-reactive ketones (excluding diaryl/α,β-unsaturated/α-hetero) is 1. The standard InChI is InChI=1S/C22H26FN3O3.C2HF3O2/c1-29-22-19(3-2-11-24-22)21(28)25-15-16-8-12-26(13-9-16)14-10-20(27)17-4-6-18(23)7-5-17;3-2(4,5)1(6)7/h2-7,11,16H,8-10,12-15H2,1H3,(H,25,28);(H,6,7). The normalized spacial score (nSPS) is 14.4. The van der Waals surface area contributed by atoms with Gasteiger partial charge in [-0.25, -0.2) is 14.2 Å². The van der Waals surface area contributed by atoms with Gasteiger partial charge in [-0.2, -0.15) is 13.2 Å². The molecule has 0 unspecified atom stereocenters. The fraction of sp³-hybridized carbons (Fsp3) is 0.417. The van der Waals surface area contributed by atoms with Crippen LogP contribution in [0.15, 0.2) is 42.6 Å². The Bertz CT molecular complexity index is 1020. The Labute approximate surface area is 205 Å². The number of carbonyl (C=O) groups is 3. The molecule has 0 saturated carbocycles. The Morgan fingerprint density at radius 1 is 1.14 bits per heavy atom. The second kappa shape index (κ2) is 13.5. The zero-order chi connectivity index (χ0) is 26.7. The highest BCUT2D eigenvalue weighted by molar-refractivity contribution is 5.96. The van der Waals surface area contributed by atoms with Gasteiger partial charge in [0.1, 0.15) is 11.4 Å². The molecule has 2 N–H and O–H groups in total. The summed E-state index contributed by atoms with van der Waals surface area (Å²) < 4.78 is 49.8. The number of nitrogens with zero attached hydrogens (tertiary/aromatic N) is 2. The summed E-state index contributed by atoms with van der Waals surface area (Å²) in [6.45, 7) is 3.10. The highest BCUT2D eigenvalue weighted by Crippen LogP contribution is 2.18. The number of amides is 1. The van der Waals surface area contributed by atoms with Crippen molar-refractivity contribution in [1.82, 2.24) is 15.2 Å². The SMILES string of the molecule is COc1ncccc1C(=O)NCC1CCN(CCC(=O)c2ccc(F)cc2)CC1.O=C(O)C(F)(F)F. The number of aromatic nitrogens is 1. The zero-order valence-corrected chi connectivity index (χ0v) is 19.6. The number of halogens is 4. The molecular formula is C24H27F4N3O5. The second-order valence-corrected chi connectivity index (χ2v) is 8.04. The molecule has 0 aliphatic carbocycles. The van der Waals surface area contributed by atoms with Crippen molar-refractivity contribution >= 4 is 17.7 Å². The van der Waals surface area contributed by atoms with E-state index in [9.17, 15) is 27.2 Å². The first kappa shape index (κ1) is 28.7. The van der Waals surface area contributed by atoms with E-state index in [2.05, 4.69) is 15.2 Å². The fourth-order valence-corrected chi connectivity index (χ4v) is 3.51. The Morgan fingerprint density at radius 2 is 1.75 bits per heavy atom. The summed E-state index contributed by atoms with van der Waals surface area (Å²) in [5.41, 5.74) is 0.988. The highest BCUT2D eigenvalue weighted by Gasteiger charge is 2.38. The van der Waals surface area contributed by atoms with Crippen LogP contribution in [0.4, 0.5) is 17.6 Å². The molecule has 8 nitrogen and oxygen atoms in total. The van der Waals surface area contributed by atoms with Crippen LogP contribution < -0.4 is 10.1 Å². The first-order valence-corrected chi connectivity index (χ1v) is 11.1. The lowest BCUT2D eigenvalue weighted by Crippen LogP contribution is -2.39. The van der Waals surface area contributed by atoms with E-state index in [-0.39, 0.29) is 17.5 Å². The van der Waals surface area contributed by atoms with E-state index in [1.54, 1.807) is 18.3 Å². The number of rotatable bonds is 8. The van der Waals surface area contributed by atoms with Gasteiger partial charge in [-0.1, -0.05) is 0 Å². The van der Waals surface area contributed by atoms with Crippen LogP contribution in [0.5, 0.6) is 5.88 Å². The number of pyridine rings is 1. The highest BCUT2D eigenvalue weighted by atomic mass is 19.4. The van der Waals surface area contributed by atoms with Gasteiger partial charge in [0.25, 0.3) is 5.91 Å². The van der Waals surface area contributed by atoms with Crippen LogP contribution in [0.1, 0.15) is 40.0 Å². The Kier molecular flexibility index (Phi) is 10.8. The van der Waals surface area contributed by atoms with Gasteiger partial charge in [-0.05, 0) is 68.2 Å². The fourth-order valence-electron chi connectivity index (χ4n) is 3.51. The van der Waals surface area contributed by atoms with Crippen molar-refractivity contribution in [2.75, 3.05) is 33.3 Å². The Balaban J connectivity index is 0.000000572. The monoisotopic (exact) mass is 513 g/mol. The minimum Gasteiger partial charge on any atom is -0.480 e. The maximum Gasteiger partial charge on any atom is 0.490 e. The van der Waals surface area contributed by atoms with E-state index in [1.165, 1.54) is 31.4 Å². The third-order valence-corrected chi connectivity index (χ3v) is 5.53. The Hall–Kier alpha value is -3.54. The number of likely N-dealkylation sites (tertiary alicyclic amines) is 1. The number of hydrogen-bond acceptors (Lipinski definition) is 6. The third kappa shape index (κ3) is 9.25. The van der Waals surface area contributed by atoms with Crippen molar-refractivity contribution in [2.24, 2.45) is 5.92 Å². The number of nitrogens with one attached hydrogen (secondary N) is 1. The molecule has 1 fully saturated rings. The molecule has 1 aliphatic heterocycles. The Morgan fingerprint density at radius 3 is 2.31 bits per heavy atom. The molecule has 2 aromatic rings. The van der Waals surface area contributed by atoms with Gasteiger partial charge < -0.3 is 20.1 Å². The van der Waals surface area contributed by atoms with E-state index in [0.717, 1.165) is 25.9 Å². The smallest absolute Gasteiger partial charge is 0.480 e. The maximum atomic E-state index is 13.0. The lowest BCUT2D eigenvalue weighted by Gasteiger charge is -2.31. The van der Waals surface area contributed by atoms with Gasteiger partial charge in [0.05, 0.1) is 7.11 Å². The number of alkyl halides is 3. The summed E-state index contributed by atoms with van der Waals surface area (Å²) >= 11 is 0. The number of carboxylic acid groups (broad SMARTS) is 1. The van der Waals surface area contributed by atoms with Crippen LogP contribution in [0.2, 0.25) is 0 Å². The lowest BCUT2D eigenvalue weighted by atomic mass is 9.96. The summed E-state index contributed by atoms with van der Waals surface area (Å²) in [6.07, 6.45) is -1.13. The number of piperidine rings is 1. The number of carboxylic acids is 1. The van der Waals surface area contributed by atoms with Gasteiger partial charge >= 0.3 is 12.1 Å². The summed E-state index contributed by atoms with van der Waals surface area (Å²) in [6, 6.07) is 9.10. The van der Waals surface area contributed by atoms with Crippen LogP contribution in [0.25, 0.3) is 0 Å². The molecule has 1 amide bonds. The molecule has 0 bridgehead atoms. The van der Waals surface area contributed by atoms with Crippen LogP contribution in [-0.4, -0.2) is 72.1 Å². The predicted molar refractivity (Wildman–Crippen MR) is 121 cm³/mol. The number of ketones is 1. The summed E-state index contributed by atoms with van der Waals surface area (Å²) in [7, 11) is 1.50. The molecule has 0 radical (unpaired) electrons. The maximum absolute atomic E-state index is 13.0. The van der Waals surface area contributed by atoms with E-state index >= 15 is 0 Å². The molecule has 196 valence electrons. The van der Waals surface area contributed by atoms with Crippen LogP contribution in [-0.2, 0) is 4.79 Å². The van der Waals surface area contributed by atoms with E-state index in [0.29, 0.717) is 42.4 Å². The molecule has 0 atom stereocenters. The number of methoxy groups -OCH3 is 1.